The second-order valence-corrected chi connectivity index (χ2v) is 8.35. The van der Waals surface area contributed by atoms with Crippen LogP contribution in [0.1, 0.15) is 11.3 Å². The SMILES string of the molecule is Cc1cc(OCC(=O)Nc2ccc(S(=O)(=O)NCc3ccco3)cc2)ccc1Cl. The zero-order chi connectivity index (χ0) is 20.9. The Balaban J connectivity index is 1.53. The van der Waals surface area contributed by atoms with Crippen molar-refractivity contribution < 1.29 is 22.4 Å². The Morgan fingerprint density at radius 2 is 1.90 bits per heavy atom. The van der Waals surface area contributed by atoms with Crippen LogP contribution in [0.4, 0.5) is 5.69 Å². The van der Waals surface area contributed by atoms with Crippen LogP contribution in [0.5, 0.6) is 5.75 Å². The van der Waals surface area contributed by atoms with Gasteiger partial charge in [-0.15, -0.1) is 0 Å². The molecule has 1 heterocycles. The number of furan rings is 1. The van der Waals surface area contributed by atoms with Gasteiger partial charge in [0.15, 0.2) is 6.61 Å². The maximum atomic E-state index is 12.3. The normalized spacial score (nSPS) is 11.2. The number of benzene rings is 2. The molecule has 0 fully saturated rings. The van der Waals surface area contributed by atoms with E-state index < -0.39 is 10.0 Å². The summed E-state index contributed by atoms with van der Waals surface area (Å²) in [7, 11) is -3.69. The molecule has 152 valence electrons. The molecule has 0 aliphatic carbocycles. The number of ether oxygens (including phenoxy) is 1. The Morgan fingerprint density at radius 1 is 1.14 bits per heavy atom. The van der Waals surface area contributed by atoms with E-state index >= 15 is 0 Å². The van der Waals surface area contributed by atoms with Crippen LogP contribution in [0.25, 0.3) is 0 Å². The third-order valence-corrected chi connectivity index (χ3v) is 5.81. The summed E-state index contributed by atoms with van der Waals surface area (Å²) in [5, 5.41) is 3.27. The van der Waals surface area contributed by atoms with E-state index in [2.05, 4.69) is 10.0 Å². The van der Waals surface area contributed by atoms with Gasteiger partial charge in [-0.3, -0.25) is 4.79 Å². The van der Waals surface area contributed by atoms with Crippen LogP contribution < -0.4 is 14.8 Å². The molecule has 0 atom stereocenters. The first kappa shape index (κ1) is 20.9. The first-order valence-electron chi connectivity index (χ1n) is 8.64. The Kier molecular flexibility index (Phi) is 6.58. The molecule has 1 amide bonds. The van der Waals surface area contributed by atoms with E-state index in [0.29, 0.717) is 22.2 Å². The van der Waals surface area contributed by atoms with Crippen LogP contribution in [0, 0.1) is 6.92 Å². The zero-order valence-corrected chi connectivity index (χ0v) is 17.1. The Morgan fingerprint density at radius 3 is 2.55 bits per heavy atom. The fourth-order valence-electron chi connectivity index (χ4n) is 2.43. The van der Waals surface area contributed by atoms with Crippen molar-refractivity contribution in [3.8, 4) is 5.75 Å². The summed E-state index contributed by atoms with van der Waals surface area (Å²) >= 11 is 5.95. The van der Waals surface area contributed by atoms with Crippen molar-refractivity contribution in [2.45, 2.75) is 18.4 Å². The van der Waals surface area contributed by atoms with E-state index in [4.69, 9.17) is 20.8 Å². The number of sulfonamides is 1. The zero-order valence-electron chi connectivity index (χ0n) is 15.5. The van der Waals surface area contributed by atoms with Crippen LogP contribution in [-0.4, -0.2) is 20.9 Å². The summed E-state index contributed by atoms with van der Waals surface area (Å²) in [6.45, 7) is 1.70. The lowest BCUT2D eigenvalue weighted by Gasteiger charge is -2.10. The van der Waals surface area contributed by atoms with Gasteiger partial charge in [-0.25, -0.2) is 13.1 Å². The molecule has 0 aliphatic heterocycles. The smallest absolute Gasteiger partial charge is 0.262 e. The maximum absolute atomic E-state index is 12.3. The van der Waals surface area contributed by atoms with Gasteiger partial charge in [0.1, 0.15) is 11.5 Å². The minimum atomic E-state index is -3.69. The van der Waals surface area contributed by atoms with Crippen LogP contribution in [0.15, 0.2) is 70.2 Å². The second kappa shape index (κ2) is 9.13. The third-order valence-electron chi connectivity index (χ3n) is 3.96. The molecule has 1 aromatic heterocycles. The summed E-state index contributed by atoms with van der Waals surface area (Å²) in [4.78, 5) is 12.1. The van der Waals surface area contributed by atoms with Crippen LogP contribution in [-0.2, 0) is 21.4 Å². The van der Waals surface area contributed by atoms with Gasteiger partial charge in [0.2, 0.25) is 10.0 Å². The first-order valence-corrected chi connectivity index (χ1v) is 10.5. The van der Waals surface area contributed by atoms with Crippen molar-refractivity contribution in [3.63, 3.8) is 0 Å². The highest BCUT2D eigenvalue weighted by Crippen LogP contribution is 2.21. The van der Waals surface area contributed by atoms with Crippen molar-refractivity contribution in [2.24, 2.45) is 0 Å². The molecular formula is C20H19ClN2O5S. The van der Waals surface area contributed by atoms with Gasteiger partial charge < -0.3 is 14.5 Å². The maximum Gasteiger partial charge on any atom is 0.262 e. The van der Waals surface area contributed by atoms with E-state index in [9.17, 15) is 13.2 Å². The molecule has 0 radical (unpaired) electrons. The number of aryl methyl sites for hydroxylation is 1. The Hall–Kier alpha value is -2.81. The molecule has 0 saturated carbocycles. The lowest BCUT2D eigenvalue weighted by atomic mass is 10.2. The van der Waals surface area contributed by atoms with Crippen molar-refractivity contribution in [1.82, 2.24) is 4.72 Å². The number of rotatable bonds is 8. The summed E-state index contributed by atoms with van der Waals surface area (Å²) in [5.74, 6) is 0.670. The van der Waals surface area contributed by atoms with E-state index in [-0.39, 0.29) is 24.0 Å². The molecular weight excluding hydrogens is 416 g/mol. The molecule has 3 rings (SSSR count). The third kappa shape index (κ3) is 5.83. The molecule has 0 unspecified atom stereocenters. The van der Waals surface area contributed by atoms with E-state index in [1.165, 1.54) is 30.5 Å². The second-order valence-electron chi connectivity index (χ2n) is 6.18. The average molecular weight is 435 g/mol. The Labute approximate surface area is 173 Å². The molecule has 9 heteroatoms. The van der Waals surface area contributed by atoms with Gasteiger partial charge in [0, 0.05) is 10.7 Å². The number of anilines is 1. The standard InChI is InChI=1S/C20H19ClN2O5S/c1-14-11-16(6-9-19(14)21)28-13-20(24)23-15-4-7-18(8-5-15)29(25,26)22-12-17-3-2-10-27-17/h2-11,22H,12-13H2,1H3,(H,23,24). The van der Waals surface area contributed by atoms with Crippen molar-refractivity contribution in [1.29, 1.82) is 0 Å². The summed E-state index contributed by atoms with van der Waals surface area (Å²) in [5.41, 5.74) is 1.30. The van der Waals surface area contributed by atoms with E-state index in [0.717, 1.165) is 5.56 Å². The summed E-state index contributed by atoms with van der Waals surface area (Å²) in [6.07, 6.45) is 1.47. The van der Waals surface area contributed by atoms with Crippen molar-refractivity contribution in [2.75, 3.05) is 11.9 Å². The number of carbonyl (C=O) groups excluding carboxylic acids is 1. The average Bonchev–Trinajstić information content (AvgIpc) is 3.22. The van der Waals surface area contributed by atoms with Crippen LogP contribution in [0.3, 0.4) is 0 Å². The molecule has 0 spiro atoms. The largest absolute Gasteiger partial charge is 0.484 e. The number of hydrogen-bond donors (Lipinski definition) is 2. The number of hydrogen-bond acceptors (Lipinski definition) is 5. The van der Waals surface area contributed by atoms with Gasteiger partial charge in [-0.2, -0.15) is 0 Å². The van der Waals surface area contributed by atoms with Crippen LogP contribution >= 0.6 is 11.6 Å². The number of halogens is 1. The number of nitrogens with one attached hydrogen (secondary N) is 2. The molecule has 3 aromatic rings. The molecule has 0 saturated heterocycles. The quantitative estimate of drug-likeness (QED) is 0.562. The van der Waals surface area contributed by atoms with Gasteiger partial charge in [0.05, 0.1) is 17.7 Å². The highest BCUT2D eigenvalue weighted by atomic mass is 35.5. The van der Waals surface area contributed by atoms with Gasteiger partial charge in [-0.1, -0.05) is 11.6 Å². The number of amides is 1. The predicted molar refractivity (Wildman–Crippen MR) is 109 cm³/mol. The first-order chi connectivity index (χ1) is 13.8. The van der Waals surface area contributed by atoms with Crippen LogP contribution in [0.2, 0.25) is 5.02 Å². The van der Waals surface area contributed by atoms with Crippen molar-refractivity contribution in [3.05, 3.63) is 77.2 Å². The lowest BCUT2D eigenvalue weighted by molar-refractivity contribution is -0.118. The highest BCUT2D eigenvalue weighted by molar-refractivity contribution is 7.89. The summed E-state index contributed by atoms with van der Waals surface area (Å²) < 4.78 is 37.6. The highest BCUT2D eigenvalue weighted by Gasteiger charge is 2.14. The molecule has 0 bridgehead atoms. The van der Waals surface area contributed by atoms with Gasteiger partial charge >= 0.3 is 0 Å². The molecule has 29 heavy (non-hydrogen) atoms. The molecule has 2 N–H and O–H groups in total. The molecule has 2 aromatic carbocycles. The minimum Gasteiger partial charge on any atom is -0.484 e. The van der Waals surface area contributed by atoms with Crippen molar-refractivity contribution >= 4 is 33.2 Å². The fraction of sp³-hybridized carbons (Fsp3) is 0.150. The van der Waals surface area contributed by atoms with Gasteiger partial charge in [-0.05, 0) is 67.1 Å². The topological polar surface area (TPSA) is 97.6 Å². The monoisotopic (exact) mass is 434 g/mol. The fourth-order valence-corrected chi connectivity index (χ4v) is 3.54. The molecule has 7 nitrogen and oxygen atoms in total. The molecule has 0 aliphatic rings. The van der Waals surface area contributed by atoms with Gasteiger partial charge in [0.25, 0.3) is 5.91 Å². The number of carbonyl (C=O) groups is 1. The minimum absolute atomic E-state index is 0.0509. The lowest BCUT2D eigenvalue weighted by Crippen LogP contribution is -2.23. The predicted octanol–water partition coefficient (Wildman–Crippen LogP) is 3.74. The Bertz CT molecular complexity index is 1080. The van der Waals surface area contributed by atoms with E-state index in [1.807, 2.05) is 6.92 Å². The van der Waals surface area contributed by atoms with E-state index in [1.54, 1.807) is 30.3 Å². The summed E-state index contributed by atoms with van der Waals surface area (Å²) in [6, 6.07) is 14.3.